The Labute approximate surface area is 192 Å². The minimum absolute atomic E-state index is 0.0190. The van der Waals surface area contributed by atoms with Crippen LogP contribution in [0.4, 0.5) is 5.69 Å². The number of amides is 2. The predicted molar refractivity (Wildman–Crippen MR) is 126 cm³/mol. The zero-order valence-corrected chi connectivity index (χ0v) is 19.7. The Kier molecular flexibility index (Phi) is 7.20. The molecule has 10 heteroatoms. The van der Waals surface area contributed by atoms with Crippen LogP contribution in [0.15, 0.2) is 52.9 Å². The van der Waals surface area contributed by atoms with Crippen LogP contribution in [0.2, 0.25) is 5.02 Å². The summed E-state index contributed by atoms with van der Waals surface area (Å²) in [6.45, 7) is 0.851. The van der Waals surface area contributed by atoms with Gasteiger partial charge in [-0.2, -0.15) is 0 Å². The van der Waals surface area contributed by atoms with Gasteiger partial charge in [-0.15, -0.1) is 4.40 Å². The molecular weight excluding hydrogens is 452 g/mol. The Hall–Kier alpha value is -2.91. The molecular formula is C22H25ClN4O4S. The lowest BCUT2D eigenvalue weighted by atomic mass is 10.1. The molecule has 0 saturated carbocycles. The third-order valence-electron chi connectivity index (χ3n) is 4.96. The number of nitrogens with one attached hydrogen (secondary N) is 1. The SMILES string of the molecule is CN(C)/C(=N/S(C)(=O)=O)c1ccc(N2CC(CNC(=O)c3cccc(Cl)c3)CC2=O)cc1. The van der Waals surface area contributed by atoms with Gasteiger partial charge in [-0.25, -0.2) is 8.42 Å². The highest BCUT2D eigenvalue weighted by molar-refractivity contribution is 7.89. The molecule has 0 radical (unpaired) electrons. The van der Waals surface area contributed by atoms with Crippen molar-refractivity contribution >= 4 is 45.0 Å². The summed E-state index contributed by atoms with van der Waals surface area (Å²) in [5.41, 5.74) is 1.81. The third kappa shape index (κ3) is 6.08. The molecule has 2 aromatic rings. The van der Waals surface area contributed by atoms with Crippen LogP contribution in [-0.2, 0) is 14.8 Å². The molecule has 2 amide bonds. The summed E-state index contributed by atoms with van der Waals surface area (Å²) in [5.74, 6) is 0.0318. The van der Waals surface area contributed by atoms with E-state index in [1.807, 2.05) is 0 Å². The summed E-state index contributed by atoms with van der Waals surface area (Å²) in [6, 6.07) is 13.7. The van der Waals surface area contributed by atoms with Gasteiger partial charge in [-0.05, 0) is 42.5 Å². The maximum Gasteiger partial charge on any atom is 0.252 e. The first-order chi connectivity index (χ1) is 15.0. The Bertz CT molecular complexity index is 1150. The molecule has 2 aromatic carbocycles. The van der Waals surface area contributed by atoms with Gasteiger partial charge in [-0.1, -0.05) is 17.7 Å². The van der Waals surface area contributed by atoms with E-state index in [-0.39, 0.29) is 17.7 Å². The van der Waals surface area contributed by atoms with Crippen molar-refractivity contribution in [1.29, 1.82) is 0 Å². The van der Waals surface area contributed by atoms with Crippen LogP contribution in [0.3, 0.4) is 0 Å². The molecule has 1 fully saturated rings. The normalized spacial score (nSPS) is 16.9. The molecule has 8 nitrogen and oxygen atoms in total. The number of rotatable bonds is 6. The Balaban J connectivity index is 1.66. The van der Waals surface area contributed by atoms with E-state index < -0.39 is 10.0 Å². The zero-order valence-electron chi connectivity index (χ0n) is 18.1. The molecule has 0 spiro atoms. The average molecular weight is 477 g/mol. The third-order valence-corrected chi connectivity index (χ3v) is 5.70. The molecule has 1 unspecified atom stereocenters. The molecule has 1 atom stereocenters. The smallest absolute Gasteiger partial charge is 0.252 e. The molecule has 3 rings (SSSR count). The summed E-state index contributed by atoms with van der Waals surface area (Å²) in [6.07, 6.45) is 1.37. The second-order valence-corrected chi connectivity index (χ2v) is 9.97. The van der Waals surface area contributed by atoms with Crippen molar-refractivity contribution in [2.45, 2.75) is 6.42 Å². The van der Waals surface area contributed by atoms with Gasteiger partial charge in [0, 0.05) is 61.4 Å². The van der Waals surface area contributed by atoms with Crippen LogP contribution in [0.25, 0.3) is 0 Å². The van der Waals surface area contributed by atoms with Crippen molar-refractivity contribution < 1.29 is 18.0 Å². The predicted octanol–water partition coefficient (Wildman–Crippen LogP) is 2.39. The first-order valence-electron chi connectivity index (χ1n) is 9.95. The lowest BCUT2D eigenvalue weighted by Crippen LogP contribution is -2.31. The van der Waals surface area contributed by atoms with Gasteiger partial charge in [0.1, 0.15) is 5.84 Å². The van der Waals surface area contributed by atoms with E-state index in [9.17, 15) is 18.0 Å². The van der Waals surface area contributed by atoms with E-state index in [4.69, 9.17) is 11.6 Å². The van der Waals surface area contributed by atoms with Crippen LogP contribution >= 0.6 is 11.6 Å². The van der Waals surface area contributed by atoms with Crippen molar-refractivity contribution in [1.82, 2.24) is 10.2 Å². The number of hydrogen-bond donors (Lipinski definition) is 1. The van der Waals surface area contributed by atoms with E-state index in [2.05, 4.69) is 9.71 Å². The molecule has 1 aliphatic heterocycles. The lowest BCUT2D eigenvalue weighted by Gasteiger charge is -2.19. The molecule has 1 aliphatic rings. The quantitative estimate of drug-likeness (QED) is 0.509. The van der Waals surface area contributed by atoms with Crippen LogP contribution < -0.4 is 10.2 Å². The molecule has 0 aromatic heterocycles. The second-order valence-electron chi connectivity index (χ2n) is 7.88. The number of hydrogen-bond acceptors (Lipinski definition) is 4. The number of anilines is 1. The van der Waals surface area contributed by atoms with Gasteiger partial charge in [-0.3, -0.25) is 9.59 Å². The van der Waals surface area contributed by atoms with Crippen molar-refractivity contribution in [3.8, 4) is 0 Å². The first kappa shape index (κ1) is 23.7. The number of benzene rings is 2. The van der Waals surface area contributed by atoms with Gasteiger partial charge in [0.05, 0.1) is 6.26 Å². The standard InChI is InChI=1S/C22H25ClN4O4S/c1-26(2)21(25-32(3,30)31)16-7-9-19(10-8-16)27-14-15(11-20(27)28)13-24-22(29)17-5-4-6-18(23)12-17/h4-10,12,15H,11,13-14H2,1-3H3,(H,24,29)/b25-21+. The maximum atomic E-state index is 12.5. The lowest BCUT2D eigenvalue weighted by molar-refractivity contribution is -0.117. The zero-order chi connectivity index (χ0) is 23.5. The van der Waals surface area contributed by atoms with Gasteiger partial charge in [0.2, 0.25) is 5.91 Å². The van der Waals surface area contributed by atoms with Crippen LogP contribution in [-0.4, -0.2) is 64.4 Å². The van der Waals surface area contributed by atoms with Gasteiger partial charge in [0.25, 0.3) is 15.9 Å². The number of carbonyl (C=O) groups is 2. The molecule has 1 saturated heterocycles. The highest BCUT2D eigenvalue weighted by Gasteiger charge is 2.31. The topological polar surface area (TPSA) is 99.2 Å². The summed E-state index contributed by atoms with van der Waals surface area (Å²) in [7, 11) is -0.129. The van der Waals surface area contributed by atoms with E-state index in [1.54, 1.807) is 72.4 Å². The number of carbonyl (C=O) groups excluding carboxylic acids is 2. The minimum Gasteiger partial charge on any atom is -0.362 e. The number of sulfonamides is 1. The van der Waals surface area contributed by atoms with Gasteiger partial charge < -0.3 is 15.1 Å². The fraction of sp³-hybridized carbons (Fsp3) is 0.318. The molecule has 32 heavy (non-hydrogen) atoms. The average Bonchev–Trinajstić information content (AvgIpc) is 3.10. The molecule has 0 aliphatic carbocycles. The molecule has 1 N–H and O–H groups in total. The second kappa shape index (κ2) is 9.70. The first-order valence-corrected chi connectivity index (χ1v) is 12.2. The number of amidine groups is 1. The van der Waals surface area contributed by atoms with Crippen molar-refractivity contribution in [2.75, 3.05) is 38.3 Å². The highest BCUT2D eigenvalue weighted by atomic mass is 35.5. The Morgan fingerprint density at radius 2 is 1.88 bits per heavy atom. The van der Waals surface area contributed by atoms with E-state index in [0.29, 0.717) is 47.2 Å². The summed E-state index contributed by atoms with van der Waals surface area (Å²) in [4.78, 5) is 28.1. The maximum absolute atomic E-state index is 12.5. The fourth-order valence-corrected chi connectivity index (χ4v) is 4.25. The Morgan fingerprint density at radius 3 is 2.47 bits per heavy atom. The minimum atomic E-state index is -3.55. The summed E-state index contributed by atoms with van der Waals surface area (Å²) < 4.78 is 27.0. The van der Waals surface area contributed by atoms with E-state index >= 15 is 0 Å². The number of halogens is 1. The van der Waals surface area contributed by atoms with Crippen LogP contribution in [0.5, 0.6) is 0 Å². The molecule has 1 heterocycles. The molecule has 170 valence electrons. The number of nitrogens with zero attached hydrogens (tertiary/aromatic N) is 3. The Morgan fingerprint density at radius 1 is 1.19 bits per heavy atom. The van der Waals surface area contributed by atoms with Crippen LogP contribution in [0.1, 0.15) is 22.3 Å². The monoisotopic (exact) mass is 476 g/mol. The van der Waals surface area contributed by atoms with Crippen LogP contribution in [0, 0.1) is 5.92 Å². The van der Waals surface area contributed by atoms with Gasteiger partial charge in [0.15, 0.2) is 0 Å². The van der Waals surface area contributed by atoms with Gasteiger partial charge >= 0.3 is 0 Å². The fourth-order valence-electron chi connectivity index (χ4n) is 3.48. The van der Waals surface area contributed by atoms with E-state index in [0.717, 1.165) is 6.26 Å². The summed E-state index contributed by atoms with van der Waals surface area (Å²) >= 11 is 5.93. The van der Waals surface area contributed by atoms with Crippen molar-refractivity contribution in [3.05, 3.63) is 64.7 Å². The van der Waals surface area contributed by atoms with Crippen molar-refractivity contribution in [2.24, 2.45) is 10.3 Å². The summed E-state index contributed by atoms with van der Waals surface area (Å²) in [5, 5.41) is 3.35. The molecule has 0 bridgehead atoms. The van der Waals surface area contributed by atoms with Crippen molar-refractivity contribution in [3.63, 3.8) is 0 Å². The van der Waals surface area contributed by atoms with E-state index in [1.165, 1.54) is 0 Å². The highest BCUT2D eigenvalue weighted by Crippen LogP contribution is 2.25. The largest absolute Gasteiger partial charge is 0.362 e.